The number of methoxy groups -OCH3 is 1. The fourth-order valence-corrected chi connectivity index (χ4v) is 5.15. The highest BCUT2D eigenvalue weighted by atomic mass is 16.6. The number of rotatable bonds is 4. The Bertz CT molecular complexity index is 983. The van der Waals surface area contributed by atoms with Crippen LogP contribution in [0.15, 0.2) is 36.4 Å². The van der Waals surface area contributed by atoms with E-state index in [1.807, 2.05) is 36.4 Å². The molecule has 1 aromatic rings. The summed E-state index contributed by atoms with van der Waals surface area (Å²) in [6.07, 6.45) is 2.15. The lowest BCUT2D eigenvalue weighted by Crippen LogP contribution is -2.63. The normalized spacial score (nSPS) is 24.1. The van der Waals surface area contributed by atoms with Crippen molar-refractivity contribution in [3.05, 3.63) is 42.0 Å². The second kappa shape index (κ2) is 11.4. The third-order valence-electron chi connectivity index (χ3n) is 7.04. The second-order valence-corrected chi connectivity index (χ2v) is 9.22. The van der Waals surface area contributed by atoms with Gasteiger partial charge in [0.25, 0.3) is 0 Å². The zero-order valence-electron chi connectivity index (χ0n) is 20.3. The molecule has 0 spiro atoms. The molecule has 2 fully saturated rings. The number of carbonyl (C=O) groups excluding carboxylic acids is 4. The van der Waals surface area contributed by atoms with Gasteiger partial charge in [-0.25, -0.2) is 15.1 Å². The minimum Gasteiger partial charge on any atom is -0.453 e. The van der Waals surface area contributed by atoms with Crippen molar-refractivity contribution in [3.8, 4) is 0 Å². The molecule has 0 saturated carbocycles. The molecule has 3 atom stereocenters. The lowest BCUT2D eigenvalue weighted by atomic mass is 9.85. The Hall–Kier alpha value is -3.60. The number of nitrogens with one attached hydrogen (secondary N) is 1. The van der Waals surface area contributed by atoms with Crippen LogP contribution < -0.4 is 5.48 Å². The number of likely N-dealkylation sites (tertiary alicyclic amines) is 2. The minimum atomic E-state index is -1.21. The van der Waals surface area contributed by atoms with Gasteiger partial charge in [0.15, 0.2) is 0 Å². The van der Waals surface area contributed by atoms with E-state index in [4.69, 9.17) is 9.47 Å². The second-order valence-electron chi connectivity index (χ2n) is 9.22. The molecule has 0 unspecified atom stereocenters. The van der Waals surface area contributed by atoms with Gasteiger partial charge < -0.3 is 19.3 Å². The molecule has 0 aromatic heterocycles. The largest absolute Gasteiger partial charge is 0.453 e. The van der Waals surface area contributed by atoms with Crippen molar-refractivity contribution in [1.29, 1.82) is 0 Å². The van der Waals surface area contributed by atoms with Crippen LogP contribution in [0.25, 0.3) is 5.57 Å². The first-order valence-electron chi connectivity index (χ1n) is 12.2. The van der Waals surface area contributed by atoms with Gasteiger partial charge in [0.2, 0.25) is 11.8 Å². The Morgan fingerprint density at radius 2 is 1.72 bits per heavy atom. The first-order chi connectivity index (χ1) is 17.4. The van der Waals surface area contributed by atoms with Crippen molar-refractivity contribution in [2.75, 3.05) is 39.8 Å². The Morgan fingerprint density at radius 3 is 2.33 bits per heavy atom. The summed E-state index contributed by atoms with van der Waals surface area (Å²) in [5.41, 5.74) is 3.81. The zero-order chi connectivity index (χ0) is 25.7. The molecule has 0 bridgehead atoms. The van der Waals surface area contributed by atoms with Crippen LogP contribution in [0.4, 0.5) is 9.59 Å². The van der Waals surface area contributed by atoms with Crippen molar-refractivity contribution in [1.82, 2.24) is 20.2 Å². The van der Waals surface area contributed by atoms with E-state index in [9.17, 15) is 24.4 Å². The van der Waals surface area contributed by atoms with E-state index < -0.39 is 42.1 Å². The summed E-state index contributed by atoms with van der Waals surface area (Å²) in [7, 11) is 1.18. The number of nitrogens with zero attached hydrogens (tertiary/aromatic N) is 3. The van der Waals surface area contributed by atoms with Crippen LogP contribution in [-0.2, 0) is 19.1 Å². The van der Waals surface area contributed by atoms with Crippen LogP contribution in [0.1, 0.15) is 31.2 Å². The highest BCUT2D eigenvalue weighted by Crippen LogP contribution is 2.30. The number of carbonyl (C=O) groups is 4. The van der Waals surface area contributed by atoms with Crippen molar-refractivity contribution in [2.24, 2.45) is 5.92 Å². The van der Waals surface area contributed by atoms with Gasteiger partial charge in [-0.3, -0.25) is 19.7 Å². The van der Waals surface area contributed by atoms with Gasteiger partial charge in [-0.05, 0) is 30.4 Å². The van der Waals surface area contributed by atoms with E-state index in [1.165, 1.54) is 7.11 Å². The fraction of sp³-hybridized carbons (Fsp3) is 0.520. The Labute approximate surface area is 209 Å². The summed E-state index contributed by atoms with van der Waals surface area (Å²) in [5, 5.41) is 9.40. The van der Waals surface area contributed by atoms with Gasteiger partial charge >= 0.3 is 12.2 Å². The maximum atomic E-state index is 13.7. The molecule has 3 heterocycles. The third-order valence-corrected chi connectivity index (χ3v) is 7.04. The Balaban J connectivity index is 1.53. The molecule has 11 nitrogen and oxygen atoms in total. The summed E-state index contributed by atoms with van der Waals surface area (Å²) < 4.78 is 10.5. The topological polar surface area (TPSA) is 129 Å². The summed E-state index contributed by atoms with van der Waals surface area (Å²) >= 11 is 0. The molecule has 2 N–H and O–H groups in total. The number of amides is 4. The molecule has 0 aliphatic carbocycles. The standard InChI is InChI=1S/C25H32N4O7/c1-35-25(33)29-16-19(36-24(32)28-11-5-6-12-28)15-20(22(30)26-34)21(29)23(31)27-13-9-18(10-14-27)17-7-3-2-4-8-17/h2-4,7-9,19-21,34H,5-6,10-16H2,1H3,(H,26,30)/t19-,20-,21-/m0/s1. The number of piperidine rings is 1. The van der Waals surface area contributed by atoms with Gasteiger partial charge in [0.05, 0.1) is 19.6 Å². The molecule has 2 saturated heterocycles. The first-order valence-corrected chi connectivity index (χ1v) is 12.2. The number of ether oxygens (including phenoxy) is 2. The molecule has 1 aromatic carbocycles. The number of hydroxylamine groups is 1. The van der Waals surface area contributed by atoms with Crippen LogP contribution in [0.5, 0.6) is 0 Å². The van der Waals surface area contributed by atoms with Gasteiger partial charge in [0.1, 0.15) is 12.1 Å². The monoisotopic (exact) mass is 500 g/mol. The van der Waals surface area contributed by atoms with Crippen LogP contribution in [0.3, 0.4) is 0 Å². The summed E-state index contributed by atoms with van der Waals surface area (Å²) in [6, 6.07) is 8.65. The van der Waals surface area contributed by atoms with Crippen LogP contribution in [-0.4, -0.2) is 95.9 Å². The van der Waals surface area contributed by atoms with Crippen LogP contribution in [0, 0.1) is 5.92 Å². The summed E-state index contributed by atoms with van der Waals surface area (Å²) in [6.45, 7) is 1.79. The Morgan fingerprint density at radius 1 is 1.00 bits per heavy atom. The zero-order valence-corrected chi connectivity index (χ0v) is 20.3. The van der Waals surface area contributed by atoms with Crippen LogP contribution >= 0.6 is 0 Å². The number of hydrogen-bond acceptors (Lipinski definition) is 7. The lowest BCUT2D eigenvalue weighted by molar-refractivity contribution is -0.151. The molecular weight excluding hydrogens is 468 g/mol. The molecule has 3 aliphatic heterocycles. The molecule has 36 heavy (non-hydrogen) atoms. The van der Waals surface area contributed by atoms with Crippen LogP contribution in [0.2, 0.25) is 0 Å². The molecule has 194 valence electrons. The quantitative estimate of drug-likeness (QED) is 0.477. The molecular formula is C25H32N4O7. The highest BCUT2D eigenvalue weighted by Gasteiger charge is 2.49. The molecule has 4 amide bonds. The van der Waals surface area contributed by atoms with E-state index in [1.54, 1.807) is 15.3 Å². The van der Waals surface area contributed by atoms with Gasteiger partial charge in [-0.1, -0.05) is 36.4 Å². The first kappa shape index (κ1) is 25.5. The average molecular weight is 501 g/mol. The highest BCUT2D eigenvalue weighted by molar-refractivity contribution is 5.93. The maximum absolute atomic E-state index is 13.7. The van der Waals surface area contributed by atoms with E-state index in [0.29, 0.717) is 32.6 Å². The van der Waals surface area contributed by atoms with Gasteiger partial charge in [-0.15, -0.1) is 0 Å². The van der Waals surface area contributed by atoms with Gasteiger partial charge in [-0.2, -0.15) is 0 Å². The predicted octanol–water partition coefficient (Wildman–Crippen LogP) is 1.87. The van der Waals surface area contributed by atoms with Crippen molar-refractivity contribution < 1.29 is 33.9 Å². The number of hydrogen-bond donors (Lipinski definition) is 2. The molecule has 3 aliphatic rings. The van der Waals surface area contributed by atoms with E-state index >= 15 is 0 Å². The Kier molecular flexibility index (Phi) is 8.09. The maximum Gasteiger partial charge on any atom is 0.410 e. The average Bonchev–Trinajstić information content (AvgIpc) is 3.47. The molecule has 0 radical (unpaired) electrons. The summed E-state index contributed by atoms with van der Waals surface area (Å²) in [4.78, 5) is 55.9. The van der Waals surface area contributed by atoms with E-state index in [2.05, 4.69) is 0 Å². The smallest absolute Gasteiger partial charge is 0.410 e. The minimum absolute atomic E-state index is 0.0190. The fourth-order valence-electron chi connectivity index (χ4n) is 5.15. The van der Waals surface area contributed by atoms with Crippen molar-refractivity contribution in [3.63, 3.8) is 0 Å². The van der Waals surface area contributed by atoms with Gasteiger partial charge in [0, 0.05) is 32.6 Å². The SMILES string of the molecule is COC(=O)N1C[C@@H](OC(=O)N2CCCC2)C[C@H](C(=O)NO)[C@H]1C(=O)N1CC=C(c2ccccc2)CC1. The molecule has 4 rings (SSSR count). The predicted molar refractivity (Wildman–Crippen MR) is 128 cm³/mol. The van der Waals surface area contributed by atoms with Crippen molar-refractivity contribution in [2.45, 2.75) is 37.8 Å². The lowest BCUT2D eigenvalue weighted by Gasteiger charge is -2.43. The van der Waals surface area contributed by atoms with Crippen molar-refractivity contribution >= 4 is 29.6 Å². The molecule has 11 heteroatoms. The third kappa shape index (κ3) is 5.46. The summed E-state index contributed by atoms with van der Waals surface area (Å²) in [5.74, 6) is -2.39. The van der Waals surface area contributed by atoms with E-state index in [-0.39, 0.29) is 13.0 Å². The van der Waals surface area contributed by atoms with E-state index in [0.717, 1.165) is 28.9 Å². The number of benzene rings is 1.